The highest BCUT2D eigenvalue weighted by atomic mass is 19.2. The summed E-state index contributed by atoms with van der Waals surface area (Å²) >= 11 is 0. The Labute approximate surface area is 133 Å². The van der Waals surface area contributed by atoms with Crippen molar-refractivity contribution in [2.24, 2.45) is 11.7 Å². The van der Waals surface area contributed by atoms with Gasteiger partial charge in [0, 0.05) is 37.4 Å². The highest BCUT2D eigenvalue weighted by Gasteiger charge is 2.40. The number of likely N-dealkylation sites (tertiary alicyclic amines) is 1. The second-order valence-electron chi connectivity index (χ2n) is 6.12. The SMILES string of the molecule is NC1CCCN(C(=O)C2CCN(c3ccc(F)c(F)c3)C2=O)C1. The van der Waals surface area contributed by atoms with E-state index in [0.29, 0.717) is 26.1 Å². The molecule has 0 spiro atoms. The standard InChI is InChI=1S/C16H19F2N3O2/c17-13-4-3-11(8-14(13)18)21-7-5-12(16(21)23)15(22)20-6-1-2-10(19)9-20/h3-4,8,10,12H,1-2,5-7,9,19H2. The second kappa shape index (κ2) is 6.23. The molecule has 2 unspecified atom stereocenters. The number of anilines is 1. The minimum absolute atomic E-state index is 0.0495. The highest BCUT2D eigenvalue weighted by Crippen LogP contribution is 2.28. The maximum atomic E-state index is 13.3. The van der Waals surface area contributed by atoms with Crippen LogP contribution in [0.15, 0.2) is 18.2 Å². The number of piperidine rings is 1. The van der Waals surface area contributed by atoms with Gasteiger partial charge in [-0.15, -0.1) is 0 Å². The van der Waals surface area contributed by atoms with E-state index in [1.165, 1.54) is 11.0 Å². The van der Waals surface area contributed by atoms with Crippen LogP contribution in [-0.2, 0) is 9.59 Å². The van der Waals surface area contributed by atoms with Crippen LogP contribution in [0, 0.1) is 17.6 Å². The lowest BCUT2D eigenvalue weighted by atomic mass is 10.0. The van der Waals surface area contributed by atoms with Crippen LogP contribution in [0.1, 0.15) is 19.3 Å². The summed E-state index contributed by atoms with van der Waals surface area (Å²) in [5.74, 6) is -3.30. The van der Waals surface area contributed by atoms with Crippen LogP contribution < -0.4 is 10.6 Å². The number of carbonyl (C=O) groups is 2. The fourth-order valence-corrected chi connectivity index (χ4v) is 3.25. The monoisotopic (exact) mass is 323 g/mol. The molecule has 124 valence electrons. The average molecular weight is 323 g/mol. The van der Waals surface area contributed by atoms with E-state index in [1.54, 1.807) is 4.90 Å². The number of carbonyl (C=O) groups excluding carboxylic acids is 2. The average Bonchev–Trinajstić information content (AvgIpc) is 2.91. The summed E-state index contributed by atoms with van der Waals surface area (Å²) < 4.78 is 26.4. The predicted octanol–water partition coefficient (Wildman–Crippen LogP) is 1.27. The van der Waals surface area contributed by atoms with Gasteiger partial charge in [0.1, 0.15) is 5.92 Å². The van der Waals surface area contributed by atoms with Crippen molar-refractivity contribution in [3.63, 3.8) is 0 Å². The van der Waals surface area contributed by atoms with Crippen molar-refractivity contribution in [2.75, 3.05) is 24.5 Å². The molecule has 2 N–H and O–H groups in total. The Kier molecular flexibility index (Phi) is 4.30. The second-order valence-corrected chi connectivity index (χ2v) is 6.12. The third-order valence-corrected chi connectivity index (χ3v) is 4.49. The molecule has 0 aromatic heterocycles. The van der Waals surface area contributed by atoms with E-state index in [0.717, 1.165) is 25.0 Å². The number of halogens is 2. The lowest BCUT2D eigenvalue weighted by Crippen LogP contribution is -2.49. The van der Waals surface area contributed by atoms with Crippen LogP contribution in [0.25, 0.3) is 0 Å². The van der Waals surface area contributed by atoms with Crippen LogP contribution in [-0.4, -0.2) is 42.4 Å². The Bertz CT molecular complexity index is 638. The number of nitrogens with zero attached hydrogens (tertiary/aromatic N) is 2. The molecule has 3 rings (SSSR count). The lowest BCUT2D eigenvalue weighted by Gasteiger charge is -2.32. The highest BCUT2D eigenvalue weighted by molar-refractivity contribution is 6.09. The van der Waals surface area contributed by atoms with Gasteiger partial charge in [-0.2, -0.15) is 0 Å². The van der Waals surface area contributed by atoms with Crippen molar-refractivity contribution in [2.45, 2.75) is 25.3 Å². The van der Waals surface area contributed by atoms with E-state index in [-0.39, 0.29) is 23.5 Å². The fourth-order valence-electron chi connectivity index (χ4n) is 3.25. The van der Waals surface area contributed by atoms with E-state index >= 15 is 0 Å². The number of hydrogen-bond donors (Lipinski definition) is 1. The lowest BCUT2D eigenvalue weighted by molar-refractivity contribution is -0.140. The van der Waals surface area contributed by atoms with Crippen LogP contribution >= 0.6 is 0 Å². The maximum Gasteiger partial charge on any atom is 0.239 e. The number of nitrogens with two attached hydrogens (primary N) is 1. The molecular formula is C16H19F2N3O2. The third kappa shape index (κ3) is 3.06. The van der Waals surface area contributed by atoms with Gasteiger partial charge in [-0.3, -0.25) is 9.59 Å². The minimum Gasteiger partial charge on any atom is -0.340 e. The normalized spacial score (nSPS) is 25.1. The summed E-state index contributed by atoms with van der Waals surface area (Å²) in [5.41, 5.74) is 6.16. The molecule has 2 aliphatic rings. The summed E-state index contributed by atoms with van der Waals surface area (Å²) in [6.07, 6.45) is 2.09. The van der Waals surface area contributed by atoms with Crippen LogP contribution in [0.2, 0.25) is 0 Å². The first-order valence-corrected chi connectivity index (χ1v) is 7.78. The van der Waals surface area contributed by atoms with Gasteiger partial charge in [-0.1, -0.05) is 0 Å². The van der Waals surface area contributed by atoms with Gasteiger partial charge in [0.15, 0.2) is 11.6 Å². The van der Waals surface area contributed by atoms with Crippen molar-refractivity contribution in [3.05, 3.63) is 29.8 Å². The molecule has 0 radical (unpaired) electrons. The summed E-state index contributed by atoms with van der Waals surface area (Å²) in [6.45, 7) is 1.40. The number of amides is 2. The number of rotatable bonds is 2. The van der Waals surface area contributed by atoms with Crippen molar-refractivity contribution in [1.82, 2.24) is 4.90 Å². The molecule has 23 heavy (non-hydrogen) atoms. The van der Waals surface area contributed by atoms with Gasteiger partial charge in [0.2, 0.25) is 11.8 Å². The van der Waals surface area contributed by atoms with Gasteiger partial charge in [0.05, 0.1) is 0 Å². The topological polar surface area (TPSA) is 66.6 Å². The van der Waals surface area contributed by atoms with Crippen LogP contribution in [0.5, 0.6) is 0 Å². The Morgan fingerprint density at radius 1 is 1.17 bits per heavy atom. The number of benzene rings is 1. The molecule has 2 heterocycles. The molecule has 1 aromatic carbocycles. The first-order chi connectivity index (χ1) is 11.0. The van der Waals surface area contributed by atoms with E-state index < -0.39 is 17.6 Å². The van der Waals surface area contributed by atoms with E-state index in [1.807, 2.05) is 0 Å². The molecule has 0 saturated carbocycles. The molecule has 2 aliphatic heterocycles. The Morgan fingerprint density at radius 3 is 2.65 bits per heavy atom. The number of hydrogen-bond acceptors (Lipinski definition) is 3. The minimum atomic E-state index is -1.01. The Hall–Kier alpha value is -2.02. The van der Waals surface area contributed by atoms with Gasteiger partial charge in [-0.25, -0.2) is 8.78 Å². The smallest absolute Gasteiger partial charge is 0.239 e. The van der Waals surface area contributed by atoms with Crippen molar-refractivity contribution >= 4 is 17.5 Å². The Balaban J connectivity index is 1.73. The zero-order chi connectivity index (χ0) is 16.6. The summed E-state index contributed by atoms with van der Waals surface area (Å²) in [4.78, 5) is 28.0. The van der Waals surface area contributed by atoms with E-state index in [4.69, 9.17) is 5.73 Å². The largest absolute Gasteiger partial charge is 0.340 e. The molecule has 0 aliphatic carbocycles. The van der Waals surface area contributed by atoms with Crippen LogP contribution in [0.4, 0.5) is 14.5 Å². The molecule has 7 heteroatoms. The van der Waals surface area contributed by atoms with E-state index in [9.17, 15) is 18.4 Å². The third-order valence-electron chi connectivity index (χ3n) is 4.49. The fraction of sp³-hybridized carbons (Fsp3) is 0.500. The summed E-state index contributed by atoms with van der Waals surface area (Å²) in [7, 11) is 0. The quantitative estimate of drug-likeness (QED) is 0.834. The summed E-state index contributed by atoms with van der Waals surface area (Å²) in [6, 6.07) is 3.26. The molecule has 2 amide bonds. The van der Waals surface area contributed by atoms with Gasteiger partial charge in [-0.05, 0) is 31.4 Å². The molecule has 2 saturated heterocycles. The van der Waals surface area contributed by atoms with Crippen molar-refractivity contribution in [1.29, 1.82) is 0 Å². The first kappa shape index (κ1) is 15.9. The molecule has 0 bridgehead atoms. The molecule has 2 atom stereocenters. The van der Waals surface area contributed by atoms with Gasteiger partial charge in [0.25, 0.3) is 0 Å². The maximum absolute atomic E-state index is 13.3. The van der Waals surface area contributed by atoms with Crippen LogP contribution in [0.3, 0.4) is 0 Å². The molecule has 1 aromatic rings. The molecule has 2 fully saturated rings. The van der Waals surface area contributed by atoms with Crippen molar-refractivity contribution in [3.8, 4) is 0 Å². The first-order valence-electron chi connectivity index (χ1n) is 7.78. The van der Waals surface area contributed by atoms with E-state index in [2.05, 4.69) is 0 Å². The predicted molar refractivity (Wildman–Crippen MR) is 80.6 cm³/mol. The Morgan fingerprint density at radius 2 is 1.96 bits per heavy atom. The van der Waals surface area contributed by atoms with Gasteiger partial charge >= 0.3 is 0 Å². The van der Waals surface area contributed by atoms with Crippen molar-refractivity contribution < 1.29 is 18.4 Å². The zero-order valence-electron chi connectivity index (χ0n) is 12.7. The molecular weight excluding hydrogens is 304 g/mol. The summed E-state index contributed by atoms with van der Waals surface area (Å²) in [5, 5.41) is 0. The molecule has 5 nitrogen and oxygen atoms in total. The zero-order valence-corrected chi connectivity index (χ0v) is 12.7. The van der Waals surface area contributed by atoms with Gasteiger partial charge < -0.3 is 15.5 Å².